The van der Waals surface area contributed by atoms with E-state index in [9.17, 15) is 0 Å². The lowest BCUT2D eigenvalue weighted by molar-refractivity contribution is 0.669. The van der Waals surface area contributed by atoms with E-state index in [1.54, 1.807) is 0 Å². The van der Waals surface area contributed by atoms with Crippen molar-refractivity contribution in [3.05, 3.63) is 218 Å². The fourth-order valence-electron chi connectivity index (χ4n) is 9.21. The highest BCUT2D eigenvalue weighted by Crippen LogP contribution is 2.48. The lowest BCUT2D eigenvalue weighted by Gasteiger charge is -2.26. The first kappa shape index (κ1) is 33.3. The second kappa shape index (κ2) is 13.4. The SMILES string of the molecule is c1ccc(-c2ccc(N(c3ccc4ccccc4c3)c3ccc(-c4ccc5c6ccccc6n(-c6ccccc6)c5c4)c4c3oc3ccc5ccccc5c34)cc2)cc1. The number of anilines is 3. The third-order valence-corrected chi connectivity index (χ3v) is 12.0. The maximum absolute atomic E-state index is 7.14. The molecular weight excluding hydrogens is 717 g/mol. The quantitative estimate of drug-likeness (QED) is 0.169. The zero-order valence-corrected chi connectivity index (χ0v) is 32.1. The van der Waals surface area contributed by atoms with Crippen molar-refractivity contribution >= 4 is 82.4 Å². The van der Waals surface area contributed by atoms with E-state index in [1.807, 2.05) is 0 Å². The summed E-state index contributed by atoms with van der Waals surface area (Å²) >= 11 is 0. The monoisotopic (exact) mass is 752 g/mol. The zero-order chi connectivity index (χ0) is 38.9. The first-order valence-electron chi connectivity index (χ1n) is 20.2. The van der Waals surface area contributed by atoms with Crippen LogP contribution in [0.3, 0.4) is 0 Å². The Kier molecular flexibility index (Phi) is 7.54. The molecule has 3 heteroatoms. The Hall–Kier alpha value is -7.88. The van der Waals surface area contributed by atoms with Crippen molar-refractivity contribution in [1.82, 2.24) is 4.57 Å². The molecule has 0 atom stereocenters. The lowest BCUT2D eigenvalue weighted by atomic mass is 9.95. The standard InChI is InChI=1S/C56H36N2O/c1-3-13-37(14-4-1)39-23-28-44(29-24-39)57(45-30-25-38-15-7-8-17-41(38)35-45)51-33-32-47(55-54-46-20-10-9-16-40(46)27-34-53(54)59-56(51)55)42-26-31-49-48-21-11-12-22-50(48)58(52(49)36-42)43-18-5-2-6-19-43/h1-36H. The molecule has 0 spiro atoms. The van der Waals surface area contributed by atoms with Gasteiger partial charge in [0.2, 0.25) is 0 Å². The average molecular weight is 753 g/mol. The Balaban J connectivity index is 1.14. The highest BCUT2D eigenvalue weighted by molar-refractivity contribution is 6.25. The van der Waals surface area contributed by atoms with Crippen molar-refractivity contribution in [2.45, 2.75) is 0 Å². The van der Waals surface area contributed by atoms with Gasteiger partial charge in [0.1, 0.15) is 5.58 Å². The van der Waals surface area contributed by atoms with Crippen molar-refractivity contribution in [3.63, 3.8) is 0 Å². The predicted molar refractivity (Wildman–Crippen MR) is 249 cm³/mol. The molecule has 0 aliphatic rings. The van der Waals surface area contributed by atoms with Crippen molar-refractivity contribution in [1.29, 1.82) is 0 Å². The van der Waals surface area contributed by atoms with E-state index in [1.165, 1.54) is 54.5 Å². The van der Waals surface area contributed by atoms with Gasteiger partial charge in [0, 0.05) is 38.6 Å². The molecule has 10 aromatic carbocycles. The average Bonchev–Trinajstić information content (AvgIpc) is 3.87. The molecule has 0 N–H and O–H groups in total. The smallest absolute Gasteiger partial charge is 0.160 e. The van der Waals surface area contributed by atoms with Gasteiger partial charge in [-0.2, -0.15) is 0 Å². The molecule has 0 radical (unpaired) electrons. The van der Waals surface area contributed by atoms with Gasteiger partial charge in [0.15, 0.2) is 5.58 Å². The van der Waals surface area contributed by atoms with E-state index in [4.69, 9.17) is 4.42 Å². The number of hydrogen-bond donors (Lipinski definition) is 0. The van der Waals surface area contributed by atoms with Crippen molar-refractivity contribution in [2.75, 3.05) is 4.90 Å². The summed E-state index contributed by atoms with van der Waals surface area (Å²) in [5, 5.41) is 9.43. The van der Waals surface area contributed by atoms with Gasteiger partial charge < -0.3 is 13.9 Å². The Morgan fingerprint density at radius 1 is 0.373 bits per heavy atom. The molecule has 2 aromatic heterocycles. The van der Waals surface area contributed by atoms with Crippen LogP contribution in [-0.2, 0) is 0 Å². The molecule has 0 saturated carbocycles. The van der Waals surface area contributed by atoms with Crippen LogP contribution in [0.4, 0.5) is 17.1 Å². The molecule has 0 amide bonds. The van der Waals surface area contributed by atoms with E-state index >= 15 is 0 Å². The third kappa shape index (κ3) is 5.36. The maximum Gasteiger partial charge on any atom is 0.160 e. The zero-order valence-electron chi connectivity index (χ0n) is 32.1. The number of hydrogen-bond acceptors (Lipinski definition) is 2. The van der Waals surface area contributed by atoms with Gasteiger partial charge in [-0.1, -0.05) is 158 Å². The summed E-state index contributed by atoms with van der Waals surface area (Å²) < 4.78 is 9.53. The summed E-state index contributed by atoms with van der Waals surface area (Å²) in [6, 6.07) is 78.6. The van der Waals surface area contributed by atoms with Gasteiger partial charge in [-0.3, -0.25) is 0 Å². The van der Waals surface area contributed by atoms with E-state index in [0.29, 0.717) is 0 Å². The van der Waals surface area contributed by atoms with Crippen LogP contribution < -0.4 is 4.90 Å². The van der Waals surface area contributed by atoms with Crippen LogP contribution in [0.5, 0.6) is 0 Å². The summed E-state index contributed by atoms with van der Waals surface area (Å²) in [6.45, 7) is 0. The molecule has 0 aliphatic carbocycles. The maximum atomic E-state index is 7.14. The lowest BCUT2D eigenvalue weighted by Crippen LogP contribution is -2.10. The minimum absolute atomic E-state index is 0.845. The predicted octanol–water partition coefficient (Wildman–Crippen LogP) is 15.8. The molecule has 276 valence electrons. The van der Waals surface area contributed by atoms with E-state index < -0.39 is 0 Å². The molecule has 0 saturated heterocycles. The normalized spacial score (nSPS) is 11.7. The number of nitrogens with zero attached hydrogens (tertiary/aromatic N) is 2. The number of para-hydroxylation sites is 2. The summed E-state index contributed by atoms with van der Waals surface area (Å²) in [5.41, 5.74) is 12.9. The Morgan fingerprint density at radius 2 is 1.00 bits per heavy atom. The highest BCUT2D eigenvalue weighted by atomic mass is 16.3. The molecule has 0 aliphatic heterocycles. The minimum Gasteiger partial charge on any atom is -0.454 e. The summed E-state index contributed by atoms with van der Waals surface area (Å²) in [7, 11) is 0. The Labute approximate surface area is 341 Å². The van der Waals surface area contributed by atoms with Crippen LogP contribution in [0.25, 0.3) is 93.2 Å². The molecule has 0 bridgehead atoms. The topological polar surface area (TPSA) is 21.3 Å². The number of fused-ring (bicyclic) bond motifs is 9. The fourth-order valence-corrected chi connectivity index (χ4v) is 9.21. The fraction of sp³-hybridized carbons (Fsp3) is 0. The first-order chi connectivity index (χ1) is 29.3. The van der Waals surface area contributed by atoms with Crippen LogP contribution in [0, 0.1) is 0 Å². The van der Waals surface area contributed by atoms with Gasteiger partial charge in [-0.25, -0.2) is 0 Å². The highest BCUT2D eigenvalue weighted by Gasteiger charge is 2.24. The van der Waals surface area contributed by atoms with Crippen LogP contribution in [0.2, 0.25) is 0 Å². The van der Waals surface area contributed by atoms with Gasteiger partial charge in [0.05, 0.1) is 16.7 Å². The Bertz CT molecular complexity index is 3540. The molecule has 12 rings (SSSR count). The third-order valence-electron chi connectivity index (χ3n) is 12.0. The van der Waals surface area contributed by atoms with Crippen molar-refractivity contribution < 1.29 is 4.42 Å². The number of aromatic nitrogens is 1. The first-order valence-corrected chi connectivity index (χ1v) is 20.2. The van der Waals surface area contributed by atoms with Gasteiger partial charge in [-0.05, 0) is 104 Å². The van der Waals surface area contributed by atoms with E-state index in [0.717, 1.165) is 55.8 Å². The second-order valence-corrected chi connectivity index (χ2v) is 15.3. The van der Waals surface area contributed by atoms with Crippen LogP contribution in [-0.4, -0.2) is 4.57 Å². The van der Waals surface area contributed by atoms with Crippen LogP contribution >= 0.6 is 0 Å². The molecule has 0 fully saturated rings. The van der Waals surface area contributed by atoms with Crippen LogP contribution in [0.15, 0.2) is 223 Å². The molecular formula is C56H36N2O. The number of rotatable bonds is 6. The van der Waals surface area contributed by atoms with Crippen molar-refractivity contribution in [3.8, 4) is 27.9 Å². The molecule has 3 nitrogen and oxygen atoms in total. The second-order valence-electron chi connectivity index (χ2n) is 15.3. The largest absolute Gasteiger partial charge is 0.454 e. The van der Waals surface area contributed by atoms with Gasteiger partial charge >= 0.3 is 0 Å². The van der Waals surface area contributed by atoms with Crippen LogP contribution in [0.1, 0.15) is 0 Å². The summed E-state index contributed by atoms with van der Waals surface area (Å²) in [6.07, 6.45) is 0. The molecule has 2 heterocycles. The number of benzene rings is 10. The van der Waals surface area contributed by atoms with E-state index in [2.05, 4.69) is 228 Å². The minimum atomic E-state index is 0.845. The van der Waals surface area contributed by atoms with Crippen molar-refractivity contribution in [2.24, 2.45) is 0 Å². The van der Waals surface area contributed by atoms with E-state index in [-0.39, 0.29) is 0 Å². The summed E-state index contributed by atoms with van der Waals surface area (Å²) in [4.78, 5) is 2.36. The summed E-state index contributed by atoms with van der Waals surface area (Å²) in [5.74, 6) is 0. The number of furan rings is 1. The van der Waals surface area contributed by atoms with Gasteiger partial charge in [-0.15, -0.1) is 0 Å². The molecule has 59 heavy (non-hydrogen) atoms. The molecule has 12 aromatic rings. The molecule has 0 unspecified atom stereocenters. The Morgan fingerprint density at radius 3 is 1.83 bits per heavy atom. The van der Waals surface area contributed by atoms with Gasteiger partial charge in [0.25, 0.3) is 0 Å².